The first-order chi connectivity index (χ1) is 9.47. The molecule has 0 aliphatic carbocycles. The molecule has 1 rings (SSSR count). The van der Waals surface area contributed by atoms with E-state index in [9.17, 15) is 9.59 Å². The molecule has 2 atom stereocenters. The summed E-state index contributed by atoms with van der Waals surface area (Å²) >= 11 is 0. The van der Waals surface area contributed by atoms with Crippen LogP contribution in [0, 0.1) is 11.8 Å². The van der Waals surface area contributed by atoms with E-state index >= 15 is 0 Å². The van der Waals surface area contributed by atoms with Crippen molar-refractivity contribution >= 4 is 11.9 Å². The Bertz CT molecular complexity index is 307. The Morgan fingerprint density at radius 2 is 2.05 bits per heavy atom. The molecule has 5 nitrogen and oxygen atoms in total. The Morgan fingerprint density at radius 3 is 2.60 bits per heavy atom. The van der Waals surface area contributed by atoms with Crippen molar-refractivity contribution < 1.29 is 14.3 Å². The van der Waals surface area contributed by atoms with Crippen LogP contribution in [-0.2, 0) is 14.3 Å². The van der Waals surface area contributed by atoms with E-state index in [2.05, 4.69) is 19.2 Å². The van der Waals surface area contributed by atoms with Crippen molar-refractivity contribution in [3.8, 4) is 0 Å². The molecule has 1 aliphatic rings. The SMILES string of the molecule is CCC(=O)N1CC(NCCC(C)C)CC(C(=O)OC)C1. The summed E-state index contributed by atoms with van der Waals surface area (Å²) in [5.74, 6) is 0.334. The van der Waals surface area contributed by atoms with Crippen molar-refractivity contribution in [1.29, 1.82) is 0 Å². The lowest BCUT2D eigenvalue weighted by atomic mass is 9.93. The summed E-state index contributed by atoms with van der Waals surface area (Å²) in [7, 11) is 1.41. The molecule has 0 aromatic carbocycles. The van der Waals surface area contributed by atoms with E-state index in [1.165, 1.54) is 7.11 Å². The first-order valence-electron chi connectivity index (χ1n) is 7.56. The number of carbonyl (C=O) groups is 2. The van der Waals surface area contributed by atoms with Crippen LogP contribution in [0.25, 0.3) is 0 Å². The van der Waals surface area contributed by atoms with Crippen molar-refractivity contribution in [2.45, 2.75) is 46.1 Å². The van der Waals surface area contributed by atoms with Gasteiger partial charge in [0.2, 0.25) is 5.91 Å². The number of amides is 1. The third-order valence-corrected chi connectivity index (χ3v) is 3.79. The molecule has 1 fully saturated rings. The number of ether oxygens (including phenoxy) is 1. The van der Waals surface area contributed by atoms with Gasteiger partial charge in [-0.15, -0.1) is 0 Å². The minimum atomic E-state index is -0.214. The second-order valence-electron chi connectivity index (χ2n) is 5.94. The minimum absolute atomic E-state index is 0.106. The van der Waals surface area contributed by atoms with Gasteiger partial charge in [-0.2, -0.15) is 0 Å². The molecule has 5 heteroatoms. The zero-order valence-electron chi connectivity index (χ0n) is 13.1. The van der Waals surface area contributed by atoms with Gasteiger partial charge in [0, 0.05) is 25.6 Å². The van der Waals surface area contributed by atoms with Gasteiger partial charge < -0.3 is 15.0 Å². The number of rotatable bonds is 6. The van der Waals surface area contributed by atoms with Crippen LogP contribution in [0.2, 0.25) is 0 Å². The fourth-order valence-electron chi connectivity index (χ4n) is 2.59. The van der Waals surface area contributed by atoms with Crippen LogP contribution in [-0.4, -0.2) is 49.6 Å². The van der Waals surface area contributed by atoms with Gasteiger partial charge in [-0.1, -0.05) is 20.8 Å². The average Bonchev–Trinajstić information content (AvgIpc) is 2.44. The lowest BCUT2D eigenvalue weighted by Gasteiger charge is -2.37. The van der Waals surface area contributed by atoms with E-state index in [-0.39, 0.29) is 23.8 Å². The van der Waals surface area contributed by atoms with Crippen LogP contribution in [0.4, 0.5) is 0 Å². The molecular weight excluding hydrogens is 256 g/mol. The molecule has 2 unspecified atom stereocenters. The molecule has 0 saturated carbocycles. The quantitative estimate of drug-likeness (QED) is 0.750. The predicted octanol–water partition coefficient (Wildman–Crippen LogP) is 1.42. The highest BCUT2D eigenvalue weighted by molar-refractivity contribution is 5.78. The maximum Gasteiger partial charge on any atom is 0.310 e. The van der Waals surface area contributed by atoms with Crippen molar-refractivity contribution in [2.24, 2.45) is 11.8 Å². The first-order valence-corrected chi connectivity index (χ1v) is 7.56. The molecule has 0 radical (unpaired) electrons. The lowest BCUT2D eigenvalue weighted by Crippen LogP contribution is -2.53. The number of methoxy groups -OCH3 is 1. The lowest BCUT2D eigenvalue weighted by molar-refractivity contribution is -0.149. The zero-order valence-corrected chi connectivity index (χ0v) is 13.1. The van der Waals surface area contributed by atoms with Gasteiger partial charge in [-0.3, -0.25) is 9.59 Å². The van der Waals surface area contributed by atoms with E-state index in [1.54, 1.807) is 4.90 Å². The molecule has 0 spiro atoms. The largest absolute Gasteiger partial charge is 0.469 e. The van der Waals surface area contributed by atoms with Gasteiger partial charge in [0.15, 0.2) is 0 Å². The molecule has 1 amide bonds. The monoisotopic (exact) mass is 284 g/mol. The minimum Gasteiger partial charge on any atom is -0.469 e. The third kappa shape index (κ3) is 5.12. The van der Waals surface area contributed by atoms with Crippen LogP contribution in [0.5, 0.6) is 0 Å². The highest BCUT2D eigenvalue weighted by Gasteiger charge is 2.33. The van der Waals surface area contributed by atoms with Gasteiger partial charge in [0.05, 0.1) is 13.0 Å². The number of carbonyl (C=O) groups excluding carboxylic acids is 2. The Labute approximate surface area is 122 Å². The highest BCUT2D eigenvalue weighted by atomic mass is 16.5. The molecule has 0 bridgehead atoms. The summed E-state index contributed by atoms with van der Waals surface area (Å²) in [6, 6.07) is 0.182. The first kappa shape index (κ1) is 17.0. The normalized spacial score (nSPS) is 22.9. The predicted molar refractivity (Wildman–Crippen MR) is 78.2 cm³/mol. The molecule has 116 valence electrons. The number of hydrogen-bond acceptors (Lipinski definition) is 4. The van der Waals surface area contributed by atoms with Crippen molar-refractivity contribution in [2.75, 3.05) is 26.7 Å². The zero-order chi connectivity index (χ0) is 15.1. The van der Waals surface area contributed by atoms with Crippen LogP contribution in [0.1, 0.15) is 40.0 Å². The number of esters is 1. The summed E-state index contributed by atoms with van der Waals surface area (Å²) in [6.45, 7) is 8.33. The molecule has 0 aromatic heterocycles. The number of nitrogens with one attached hydrogen (secondary N) is 1. The average molecular weight is 284 g/mol. The molecule has 20 heavy (non-hydrogen) atoms. The van der Waals surface area contributed by atoms with Crippen LogP contribution >= 0.6 is 0 Å². The second kappa shape index (κ2) is 8.25. The standard InChI is InChI=1S/C15H28N2O3/c1-5-14(18)17-9-12(15(19)20-4)8-13(10-17)16-7-6-11(2)3/h11-13,16H,5-10H2,1-4H3. The third-order valence-electron chi connectivity index (χ3n) is 3.79. The van der Waals surface area contributed by atoms with Crippen molar-refractivity contribution in [3.63, 3.8) is 0 Å². The van der Waals surface area contributed by atoms with Crippen LogP contribution < -0.4 is 5.32 Å². The Balaban J connectivity index is 2.59. The molecular formula is C15H28N2O3. The summed E-state index contributed by atoms with van der Waals surface area (Å²) < 4.78 is 4.84. The maximum absolute atomic E-state index is 11.9. The summed E-state index contributed by atoms with van der Waals surface area (Å²) in [5.41, 5.74) is 0. The van der Waals surface area contributed by atoms with Crippen molar-refractivity contribution in [1.82, 2.24) is 10.2 Å². The number of piperidine rings is 1. The fourth-order valence-corrected chi connectivity index (χ4v) is 2.59. The molecule has 0 aromatic rings. The van der Waals surface area contributed by atoms with E-state index in [0.717, 1.165) is 19.4 Å². The van der Waals surface area contributed by atoms with Crippen molar-refractivity contribution in [3.05, 3.63) is 0 Å². The fraction of sp³-hybridized carbons (Fsp3) is 0.867. The van der Waals surface area contributed by atoms with Crippen LogP contribution in [0.15, 0.2) is 0 Å². The topological polar surface area (TPSA) is 58.6 Å². The van der Waals surface area contributed by atoms with Crippen LogP contribution in [0.3, 0.4) is 0 Å². The smallest absolute Gasteiger partial charge is 0.310 e. The van der Waals surface area contributed by atoms with E-state index < -0.39 is 0 Å². The summed E-state index contributed by atoms with van der Waals surface area (Å²) in [4.78, 5) is 25.4. The molecule has 1 heterocycles. The Hall–Kier alpha value is -1.10. The Morgan fingerprint density at radius 1 is 1.35 bits per heavy atom. The Kier molecular flexibility index (Phi) is 6.99. The summed E-state index contributed by atoms with van der Waals surface area (Å²) in [6.07, 6.45) is 2.33. The second-order valence-corrected chi connectivity index (χ2v) is 5.94. The van der Waals surface area contributed by atoms with Gasteiger partial charge >= 0.3 is 5.97 Å². The number of nitrogens with zero attached hydrogens (tertiary/aromatic N) is 1. The summed E-state index contributed by atoms with van der Waals surface area (Å²) in [5, 5.41) is 3.47. The van der Waals surface area contributed by atoms with Gasteiger partial charge in [0.1, 0.15) is 0 Å². The molecule has 1 N–H and O–H groups in total. The highest BCUT2D eigenvalue weighted by Crippen LogP contribution is 2.19. The van der Waals surface area contributed by atoms with E-state index in [1.807, 2.05) is 6.92 Å². The van der Waals surface area contributed by atoms with E-state index in [0.29, 0.717) is 25.4 Å². The van der Waals surface area contributed by atoms with Gasteiger partial charge in [-0.25, -0.2) is 0 Å². The number of hydrogen-bond donors (Lipinski definition) is 1. The maximum atomic E-state index is 11.9. The van der Waals surface area contributed by atoms with E-state index in [4.69, 9.17) is 4.74 Å². The molecule has 1 aliphatic heterocycles. The number of likely N-dealkylation sites (tertiary alicyclic amines) is 1. The van der Waals surface area contributed by atoms with Gasteiger partial charge in [0.25, 0.3) is 0 Å². The molecule has 1 saturated heterocycles. The van der Waals surface area contributed by atoms with Gasteiger partial charge in [-0.05, 0) is 25.3 Å².